The Kier molecular flexibility index (Phi) is 6.12. The van der Waals surface area contributed by atoms with Crippen LogP contribution in [0, 0.1) is 5.92 Å². The van der Waals surface area contributed by atoms with Crippen LogP contribution in [0.1, 0.15) is 31.1 Å². The summed E-state index contributed by atoms with van der Waals surface area (Å²) in [4.78, 5) is 15.2. The lowest BCUT2D eigenvalue weighted by Crippen LogP contribution is -2.47. The number of carbonyl (C=O) groups excluding carboxylic acids is 1. The molecule has 0 bridgehead atoms. The molecule has 1 atom stereocenters. The second-order valence-electron chi connectivity index (χ2n) is 6.97. The summed E-state index contributed by atoms with van der Waals surface area (Å²) < 4.78 is 5.40. The molecule has 1 fully saturated rings. The van der Waals surface area contributed by atoms with E-state index in [4.69, 9.17) is 4.74 Å². The maximum absolute atomic E-state index is 12.8. The van der Waals surface area contributed by atoms with Crippen molar-refractivity contribution < 1.29 is 9.53 Å². The molecular formula is C18H28N2O2. The van der Waals surface area contributed by atoms with E-state index < -0.39 is 0 Å². The summed E-state index contributed by atoms with van der Waals surface area (Å²) in [7, 11) is 0. The van der Waals surface area contributed by atoms with Crippen molar-refractivity contribution in [1.29, 1.82) is 0 Å². The van der Waals surface area contributed by atoms with Crippen LogP contribution < -0.4 is 5.32 Å². The van der Waals surface area contributed by atoms with Gasteiger partial charge in [0.25, 0.3) is 0 Å². The number of hydrogen-bond donors (Lipinski definition) is 1. The number of ether oxygens (including phenoxy) is 1. The van der Waals surface area contributed by atoms with Crippen molar-refractivity contribution in [2.75, 3.05) is 39.4 Å². The average molecular weight is 304 g/mol. The molecule has 0 unspecified atom stereocenters. The standard InChI is InChI=1S/C18H28N2O2/c1-18(2,3)19-13-16(14-20-9-11-22-12-10-20)17(21)15-7-5-4-6-8-15/h4-8,16,19H,9-14H2,1-3H3/t16-/m0/s1. The topological polar surface area (TPSA) is 41.6 Å². The predicted molar refractivity (Wildman–Crippen MR) is 89.3 cm³/mol. The molecule has 0 saturated carbocycles. The Labute approximate surface area is 133 Å². The smallest absolute Gasteiger partial charge is 0.168 e. The van der Waals surface area contributed by atoms with Crippen LogP contribution in [-0.2, 0) is 4.74 Å². The normalized spacial score (nSPS) is 18.1. The largest absolute Gasteiger partial charge is 0.379 e. The summed E-state index contributed by atoms with van der Waals surface area (Å²) in [6, 6.07) is 9.62. The van der Waals surface area contributed by atoms with Gasteiger partial charge in [-0.05, 0) is 20.8 Å². The van der Waals surface area contributed by atoms with Gasteiger partial charge in [-0.15, -0.1) is 0 Å². The highest BCUT2D eigenvalue weighted by Gasteiger charge is 2.25. The van der Waals surface area contributed by atoms with Crippen molar-refractivity contribution in [3.05, 3.63) is 35.9 Å². The molecule has 1 aliphatic rings. The van der Waals surface area contributed by atoms with Crippen LogP contribution in [0.25, 0.3) is 0 Å². The van der Waals surface area contributed by atoms with E-state index in [0.29, 0.717) is 6.54 Å². The summed E-state index contributed by atoms with van der Waals surface area (Å²) >= 11 is 0. The Hall–Kier alpha value is -1.23. The van der Waals surface area contributed by atoms with Crippen LogP contribution in [0.4, 0.5) is 0 Å². The molecule has 4 heteroatoms. The Bertz CT molecular complexity index is 462. The average Bonchev–Trinajstić information content (AvgIpc) is 2.52. The van der Waals surface area contributed by atoms with E-state index in [1.165, 1.54) is 0 Å². The molecule has 1 aromatic carbocycles. The third kappa shape index (κ3) is 5.52. The number of morpholine rings is 1. The van der Waals surface area contributed by atoms with Gasteiger partial charge in [0, 0.05) is 43.2 Å². The van der Waals surface area contributed by atoms with E-state index in [2.05, 4.69) is 31.0 Å². The number of ketones is 1. The van der Waals surface area contributed by atoms with Gasteiger partial charge in [0.2, 0.25) is 0 Å². The molecule has 1 aromatic rings. The van der Waals surface area contributed by atoms with Crippen LogP contribution >= 0.6 is 0 Å². The predicted octanol–water partition coefficient (Wildman–Crippen LogP) is 2.21. The van der Waals surface area contributed by atoms with Gasteiger partial charge in [-0.1, -0.05) is 30.3 Å². The van der Waals surface area contributed by atoms with E-state index in [1.807, 2.05) is 30.3 Å². The van der Waals surface area contributed by atoms with Crippen LogP contribution in [-0.4, -0.2) is 55.6 Å². The molecule has 1 saturated heterocycles. The number of rotatable bonds is 6. The first kappa shape index (κ1) is 17.1. The first-order valence-electron chi connectivity index (χ1n) is 8.10. The van der Waals surface area contributed by atoms with Gasteiger partial charge in [-0.2, -0.15) is 0 Å². The Balaban J connectivity index is 2.04. The quantitative estimate of drug-likeness (QED) is 0.818. The lowest BCUT2D eigenvalue weighted by molar-refractivity contribution is 0.0297. The Morgan fingerprint density at radius 1 is 1.23 bits per heavy atom. The van der Waals surface area contributed by atoms with Gasteiger partial charge in [0.15, 0.2) is 5.78 Å². The van der Waals surface area contributed by atoms with Crippen LogP contribution in [0.3, 0.4) is 0 Å². The monoisotopic (exact) mass is 304 g/mol. The highest BCUT2D eigenvalue weighted by Crippen LogP contribution is 2.13. The van der Waals surface area contributed by atoms with Crippen LogP contribution in [0.5, 0.6) is 0 Å². The molecule has 0 radical (unpaired) electrons. The van der Waals surface area contributed by atoms with Crippen molar-refractivity contribution in [2.24, 2.45) is 5.92 Å². The molecule has 22 heavy (non-hydrogen) atoms. The molecule has 122 valence electrons. The molecular weight excluding hydrogens is 276 g/mol. The molecule has 2 rings (SSSR count). The molecule has 0 amide bonds. The SMILES string of the molecule is CC(C)(C)NC[C@@H](CN1CCOCC1)C(=O)c1ccccc1. The molecule has 0 spiro atoms. The van der Waals surface area contributed by atoms with Crippen molar-refractivity contribution >= 4 is 5.78 Å². The summed E-state index contributed by atoms with van der Waals surface area (Å²) in [5.74, 6) is 0.198. The van der Waals surface area contributed by atoms with E-state index in [9.17, 15) is 4.79 Å². The fourth-order valence-electron chi connectivity index (χ4n) is 2.60. The second kappa shape index (κ2) is 7.86. The molecule has 0 aromatic heterocycles. The second-order valence-corrected chi connectivity index (χ2v) is 6.97. The Morgan fingerprint density at radius 3 is 2.45 bits per heavy atom. The van der Waals surface area contributed by atoms with Crippen molar-refractivity contribution in [3.63, 3.8) is 0 Å². The first-order chi connectivity index (χ1) is 10.5. The van der Waals surface area contributed by atoms with Gasteiger partial charge in [0.1, 0.15) is 0 Å². The third-order valence-electron chi connectivity index (χ3n) is 3.89. The third-order valence-corrected chi connectivity index (χ3v) is 3.89. The van der Waals surface area contributed by atoms with Gasteiger partial charge in [-0.3, -0.25) is 9.69 Å². The number of nitrogens with zero attached hydrogens (tertiary/aromatic N) is 1. The van der Waals surface area contributed by atoms with Gasteiger partial charge in [-0.25, -0.2) is 0 Å². The maximum atomic E-state index is 12.8. The highest BCUT2D eigenvalue weighted by molar-refractivity contribution is 5.98. The molecule has 1 aliphatic heterocycles. The fourth-order valence-corrected chi connectivity index (χ4v) is 2.60. The maximum Gasteiger partial charge on any atom is 0.168 e. The van der Waals surface area contributed by atoms with Crippen molar-refractivity contribution in [1.82, 2.24) is 10.2 Å². The fraction of sp³-hybridized carbons (Fsp3) is 0.611. The highest BCUT2D eigenvalue weighted by atomic mass is 16.5. The van der Waals surface area contributed by atoms with Crippen molar-refractivity contribution in [2.45, 2.75) is 26.3 Å². The zero-order valence-electron chi connectivity index (χ0n) is 14.0. The zero-order valence-corrected chi connectivity index (χ0v) is 14.0. The number of benzene rings is 1. The van der Waals surface area contributed by atoms with E-state index in [0.717, 1.165) is 38.4 Å². The number of nitrogens with one attached hydrogen (secondary N) is 1. The minimum Gasteiger partial charge on any atom is -0.379 e. The molecule has 1 heterocycles. The first-order valence-corrected chi connectivity index (χ1v) is 8.10. The lowest BCUT2D eigenvalue weighted by atomic mass is 9.95. The van der Waals surface area contributed by atoms with Crippen LogP contribution in [0.15, 0.2) is 30.3 Å². The van der Waals surface area contributed by atoms with E-state index in [1.54, 1.807) is 0 Å². The van der Waals surface area contributed by atoms with Crippen LogP contribution in [0.2, 0.25) is 0 Å². The van der Waals surface area contributed by atoms with Gasteiger partial charge >= 0.3 is 0 Å². The molecule has 4 nitrogen and oxygen atoms in total. The Morgan fingerprint density at radius 2 is 1.86 bits per heavy atom. The summed E-state index contributed by atoms with van der Waals surface area (Å²) in [5, 5.41) is 3.48. The molecule has 1 N–H and O–H groups in total. The summed E-state index contributed by atoms with van der Waals surface area (Å²) in [6.07, 6.45) is 0. The number of Topliss-reactive ketones (excluding diaryl/α,β-unsaturated/α-hetero) is 1. The lowest BCUT2D eigenvalue weighted by Gasteiger charge is -2.31. The number of carbonyl (C=O) groups is 1. The van der Waals surface area contributed by atoms with Gasteiger partial charge in [0.05, 0.1) is 13.2 Å². The summed E-state index contributed by atoms with van der Waals surface area (Å²) in [5.41, 5.74) is 0.816. The van der Waals surface area contributed by atoms with Crippen molar-refractivity contribution in [3.8, 4) is 0 Å². The summed E-state index contributed by atoms with van der Waals surface area (Å²) in [6.45, 7) is 11.2. The number of hydrogen-bond acceptors (Lipinski definition) is 4. The minimum atomic E-state index is -0.0280. The van der Waals surface area contributed by atoms with Gasteiger partial charge < -0.3 is 10.1 Å². The zero-order chi connectivity index (χ0) is 16.0. The molecule has 0 aliphatic carbocycles. The van der Waals surface area contributed by atoms with E-state index >= 15 is 0 Å². The minimum absolute atomic E-state index is 0.0141. The van der Waals surface area contributed by atoms with E-state index in [-0.39, 0.29) is 17.2 Å².